The summed E-state index contributed by atoms with van der Waals surface area (Å²) in [6.45, 7) is 8.10. The van der Waals surface area contributed by atoms with Crippen LogP contribution in [-0.2, 0) is 6.54 Å². The van der Waals surface area contributed by atoms with E-state index in [4.69, 9.17) is 11.1 Å². The topological polar surface area (TPSA) is 135 Å². The van der Waals surface area contributed by atoms with Gasteiger partial charge in [-0.05, 0) is 62.3 Å². The third-order valence-electron chi connectivity index (χ3n) is 7.37. The average Bonchev–Trinajstić information content (AvgIpc) is 3.28. The molecule has 0 bridgehead atoms. The minimum Gasteiger partial charge on any atom is -0.383 e. The Morgan fingerprint density at radius 1 is 1.23 bits per heavy atom. The van der Waals surface area contributed by atoms with E-state index in [1.165, 1.54) is 17.7 Å². The summed E-state index contributed by atoms with van der Waals surface area (Å²) >= 11 is 1.49. The molecule has 6 rings (SSSR count). The largest absolute Gasteiger partial charge is 0.383 e. The first-order valence-corrected chi connectivity index (χ1v) is 14.0. The van der Waals surface area contributed by atoms with E-state index in [-0.39, 0.29) is 23.1 Å². The summed E-state index contributed by atoms with van der Waals surface area (Å²) in [4.78, 5) is 26.8. The second kappa shape index (κ2) is 10.2. The van der Waals surface area contributed by atoms with E-state index in [2.05, 4.69) is 38.2 Å². The van der Waals surface area contributed by atoms with Gasteiger partial charge in [0.25, 0.3) is 5.56 Å². The number of allylic oxidation sites excluding steroid dienone is 1. The molecule has 1 aliphatic carbocycles. The van der Waals surface area contributed by atoms with Crippen molar-refractivity contribution < 1.29 is 0 Å². The van der Waals surface area contributed by atoms with Gasteiger partial charge in [0, 0.05) is 23.0 Å². The Labute approximate surface area is 235 Å². The summed E-state index contributed by atoms with van der Waals surface area (Å²) in [5.74, 6) is 0.658. The summed E-state index contributed by atoms with van der Waals surface area (Å²) in [7, 11) is 0. The lowest BCUT2D eigenvalue weighted by Crippen LogP contribution is -2.32. The predicted octanol–water partition coefficient (Wildman–Crippen LogP) is 5.99. The molecule has 5 aromatic rings. The van der Waals surface area contributed by atoms with Gasteiger partial charge in [-0.1, -0.05) is 42.2 Å². The second-order valence-electron chi connectivity index (χ2n) is 10.3. The molecule has 2 aromatic carbocycles. The van der Waals surface area contributed by atoms with Crippen molar-refractivity contribution in [1.29, 1.82) is 5.41 Å². The molecule has 5 N–H and O–H groups in total. The Hall–Kier alpha value is -4.57. The lowest BCUT2D eigenvalue weighted by Gasteiger charge is -2.31. The molecule has 1 aliphatic rings. The highest BCUT2D eigenvalue weighted by Gasteiger charge is 2.25. The van der Waals surface area contributed by atoms with E-state index >= 15 is 0 Å². The van der Waals surface area contributed by atoms with Gasteiger partial charge in [0.2, 0.25) is 0 Å². The Morgan fingerprint density at radius 3 is 2.80 bits per heavy atom. The molecule has 0 radical (unpaired) electrons. The standard InChI is InChI=1S/C30H30N8OS/c1-16(2)36-30-37-22-11-10-19(13-23(22)40-30)26(31)25-27(32)34-15-35-28(25)33-14-21-12-18-7-4-6-17(3)24(18)29(39)38(21)20-8-5-9-20/h4,6-7,10-13,15,20,31H,1,5,8-9,14H2,2-3H3,(H,36,37)(H3,32,33,34,35). The number of anilines is 3. The van der Waals surface area contributed by atoms with Crippen LogP contribution in [-0.4, -0.2) is 25.2 Å². The van der Waals surface area contributed by atoms with Gasteiger partial charge in [0.15, 0.2) is 5.13 Å². The van der Waals surface area contributed by atoms with Crippen LogP contribution in [0.5, 0.6) is 0 Å². The van der Waals surface area contributed by atoms with Crippen molar-refractivity contribution in [2.45, 2.75) is 45.7 Å². The maximum absolute atomic E-state index is 13.6. The Balaban J connectivity index is 1.35. The van der Waals surface area contributed by atoms with Crippen LogP contribution in [0.4, 0.5) is 16.8 Å². The fraction of sp³-hybridized carbons (Fsp3) is 0.233. The van der Waals surface area contributed by atoms with Crippen molar-refractivity contribution in [2.75, 3.05) is 16.4 Å². The third-order valence-corrected chi connectivity index (χ3v) is 8.30. The van der Waals surface area contributed by atoms with Crippen molar-refractivity contribution in [3.05, 3.63) is 93.8 Å². The summed E-state index contributed by atoms with van der Waals surface area (Å²) in [5.41, 5.74) is 11.2. The number of thiazole rings is 1. The lowest BCUT2D eigenvalue weighted by atomic mass is 9.91. The molecule has 9 nitrogen and oxygen atoms in total. The molecule has 0 amide bonds. The number of rotatable bonds is 8. The maximum atomic E-state index is 13.6. The van der Waals surface area contributed by atoms with Crippen LogP contribution in [0.1, 0.15) is 54.6 Å². The SMILES string of the molecule is C=C(C)Nc1nc2ccc(C(=N)c3c(N)ncnc3NCc3cc4cccc(C)c4c(=O)n3C3CCC3)cc2s1. The maximum Gasteiger partial charge on any atom is 0.259 e. The molecule has 3 aromatic heterocycles. The molecular formula is C30H30N8OS. The fourth-order valence-corrected chi connectivity index (χ4v) is 6.18. The molecular weight excluding hydrogens is 520 g/mol. The Kier molecular flexibility index (Phi) is 6.55. The molecule has 202 valence electrons. The molecule has 0 unspecified atom stereocenters. The monoisotopic (exact) mass is 550 g/mol. The number of nitrogen functional groups attached to an aromatic ring is 1. The van der Waals surface area contributed by atoms with Gasteiger partial charge in [-0.3, -0.25) is 10.2 Å². The number of pyridine rings is 1. The van der Waals surface area contributed by atoms with Crippen LogP contribution >= 0.6 is 11.3 Å². The average molecular weight is 551 g/mol. The van der Waals surface area contributed by atoms with Crippen molar-refractivity contribution in [3.8, 4) is 0 Å². The van der Waals surface area contributed by atoms with Gasteiger partial charge in [0.1, 0.15) is 18.0 Å². The zero-order valence-corrected chi connectivity index (χ0v) is 23.2. The third kappa shape index (κ3) is 4.60. The Morgan fingerprint density at radius 2 is 2.05 bits per heavy atom. The van der Waals surface area contributed by atoms with Gasteiger partial charge >= 0.3 is 0 Å². The van der Waals surface area contributed by atoms with E-state index in [0.717, 1.165) is 62.3 Å². The molecule has 0 spiro atoms. The van der Waals surface area contributed by atoms with Gasteiger partial charge in [-0.15, -0.1) is 0 Å². The molecule has 3 heterocycles. The number of aryl methyl sites for hydroxylation is 1. The van der Waals surface area contributed by atoms with Crippen LogP contribution in [0.3, 0.4) is 0 Å². The summed E-state index contributed by atoms with van der Waals surface area (Å²) < 4.78 is 2.88. The first kappa shape index (κ1) is 25.7. The number of benzene rings is 2. The number of hydrogen-bond donors (Lipinski definition) is 4. The molecule has 1 fully saturated rings. The van der Waals surface area contributed by atoms with Crippen LogP contribution in [0, 0.1) is 12.3 Å². The number of fused-ring (bicyclic) bond motifs is 2. The summed E-state index contributed by atoms with van der Waals surface area (Å²) in [6, 6.07) is 13.9. The smallest absolute Gasteiger partial charge is 0.259 e. The number of aromatic nitrogens is 4. The van der Waals surface area contributed by atoms with Gasteiger partial charge in [-0.2, -0.15) is 0 Å². The molecule has 1 saturated carbocycles. The van der Waals surface area contributed by atoms with Crippen LogP contribution in [0.15, 0.2) is 65.9 Å². The van der Waals surface area contributed by atoms with Crippen molar-refractivity contribution in [3.63, 3.8) is 0 Å². The minimum absolute atomic E-state index is 0.0469. The fourth-order valence-electron chi connectivity index (χ4n) is 5.20. The molecule has 0 saturated heterocycles. The van der Waals surface area contributed by atoms with Crippen molar-refractivity contribution >= 4 is 54.8 Å². The first-order valence-electron chi connectivity index (χ1n) is 13.2. The highest BCUT2D eigenvalue weighted by molar-refractivity contribution is 7.22. The van der Waals surface area contributed by atoms with E-state index in [9.17, 15) is 4.79 Å². The van der Waals surface area contributed by atoms with E-state index in [0.29, 0.717) is 23.5 Å². The summed E-state index contributed by atoms with van der Waals surface area (Å²) in [5, 5.41) is 18.0. The zero-order valence-electron chi connectivity index (χ0n) is 22.4. The number of hydrogen-bond acceptors (Lipinski definition) is 9. The Bertz CT molecular complexity index is 1870. The lowest BCUT2D eigenvalue weighted by molar-refractivity contribution is 0.301. The number of nitrogens with two attached hydrogens (primary N) is 1. The zero-order chi connectivity index (χ0) is 28.0. The number of nitrogens with zero attached hydrogens (tertiary/aromatic N) is 4. The first-order chi connectivity index (χ1) is 19.3. The normalized spacial score (nSPS) is 13.3. The van der Waals surface area contributed by atoms with Crippen molar-refractivity contribution in [1.82, 2.24) is 19.5 Å². The van der Waals surface area contributed by atoms with E-state index in [1.807, 2.05) is 54.8 Å². The highest BCUT2D eigenvalue weighted by Crippen LogP contribution is 2.33. The molecule has 0 atom stereocenters. The quantitative estimate of drug-likeness (QED) is 0.174. The number of nitrogens with one attached hydrogen (secondary N) is 3. The van der Waals surface area contributed by atoms with Crippen LogP contribution < -0.4 is 21.9 Å². The van der Waals surface area contributed by atoms with Gasteiger partial charge < -0.3 is 20.9 Å². The van der Waals surface area contributed by atoms with Gasteiger partial charge in [0.05, 0.1) is 33.4 Å². The second-order valence-corrected chi connectivity index (χ2v) is 11.3. The molecule has 10 heteroatoms. The van der Waals surface area contributed by atoms with Crippen LogP contribution in [0.25, 0.3) is 21.0 Å². The van der Waals surface area contributed by atoms with Crippen molar-refractivity contribution in [2.24, 2.45) is 0 Å². The highest BCUT2D eigenvalue weighted by atomic mass is 32.1. The summed E-state index contributed by atoms with van der Waals surface area (Å²) in [6.07, 6.45) is 4.49. The minimum atomic E-state index is 0.0469. The predicted molar refractivity (Wildman–Crippen MR) is 164 cm³/mol. The molecule has 0 aliphatic heterocycles. The van der Waals surface area contributed by atoms with E-state index in [1.54, 1.807) is 0 Å². The van der Waals surface area contributed by atoms with Gasteiger partial charge in [-0.25, -0.2) is 15.0 Å². The van der Waals surface area contributed by atoms with E-state index < -0.39 is 0 Å². The van der Waals surface area contributed by atoms with Crippen LogP contribution in [0.2, 0.25) is 0 Å². The molecule has 40 heavy (non-hydrogen) atoms.